The van der Waals surface area contributed by atoms with Crippen molar-refractivity contribution in [1.29, 1.82) is 0 Å². The molecule has 2 N–H and O–H groups in total. The summed E-state index contributed by atoms with van der Waals surface area (Å²) in [4.78, 5) is 44.7. The van der Waals surface area contributed by atoms with Gasteiger partial charge >= 0.3 is 5.97 Å². The zero-order valence-electron chi connectivity index (χ0n) is 15.9. The van der Waals surface area contributed by atoms with Gasteiger partial charge in [-0.05, 0) is 19.1 Å². The molecule has 2 rings (SSSR count). The van der Waals surface area contributed by atoms with E-state index in [1.54, 1.807) is 6.92 Å². The second-order valence-corrected chi connectivity index (χ2v) is 5.75. The lowest BCUT2D eigenvalue weighted by Crippen LogP contribution is -2.13. The summed E-state index contributed by atoms with van der Waals surface area (Å²) >= 11 is 0. The lowest BCUT2D eigenvalue weighted by Gasteiger charge is -2.12. The van der Waals surface area contributed by atoms with E-state index >= 15 is 0 Å². The third kappa shape index (κ3) is 4.79. The van der Waals surface area contributed by atoms with Gasteiger partial charge in [0.2, 0.25) is 5.91 Å². The average molecular weight is 419 g/mol. The first-order valence-corrected chi connectivity index (χ1v) is 8.43. The number of methoxy groups -OCH3 is 1. The van der Waals surface area contributed by atoms with Crippen LogP contribution in [-0.2, 0) is 11.3 Å². The van der Waals surface area contributed by atoms with E-state index in [4.69, 9.17) is 19.9 Å². The van der Waals surface area contributed by atoms with Gasteiger partial charge in [0.05, 0.1) is 35.2 Å². The summed E-state index contributed by atoms with van der Waals surface area (Å²) in [5, 5.41) is 22.6. The fraction of sp³-hybridized carbons (Fsp3) is 0.222. The van der Waals surface area contributed by atoms with Crippen molar-refractivity contribution in [3.05, 3.63) is 67.3 Å². The molecule has 2 aromatic carbocycles. The van der Waals surface area contributed by atoms with Crippen molar-refractivity contribution in [3.8, 4) is 11.5 Å². The van der Waals surface area contributed by atoms with Crippen LogP contribution in [0.4, 0.5) is 11.4 Å². The largest absolute Gasteiger partial charge is 0.493 e. The Balaban J connectivity index is 2.35. The van der Waals surface area contributed by atoms with Crippen LogP contribution in [0.2, 0.25) is 0 Å². The summed E-state index contributed by atoms with van der Waals surface area (Å²) in [5.41, 5.74) is 3.49. The molecule has 1 amide bonds. The smallest absolute Gasteiger partial charge is 0.345 e. The topological polar surface area (TPSA) is 174 Å². The highest BCUT2D eigenvalue weighted by atomic mass is 16.6. The highest BCUT2D eigenvalue weighted by Crippen LogP contribution is 2.35. The van der Waals surface area contributed by atoms with E-state index in [9.17, 15) is 29.8 Å². The van der Waals surface area contributed by atoms with E-state index < -0.39 is 45.3 Å². The minimum atomic E-state index is -1.10. The first-order valence-electron chi connectivity index (χ1n) is 8.43. The molecule has 158 valence electrons. The van der Waals surface area contributed by atoms with Crippen LogP contribution in [0.5, 0.6) is 11.5 Å². The molecule has 0 aliphatic heterocycles. The zero-order chi connectivity index (χ0) is 22.4. The number of nitro benzene ring substituents is 2. The molecule has 0 radical (unpaired) electrons. The number of nitrogens with two attached hydrogens (primary N) is 1. The summed E-state index contributed by atoms with van der Waals surface area (Å²) < 4.78 is 15.4. The van der Waals surface area contributed by atoms with Gasteiger partial charge in [-0.25, -0.2) is 4.79 Å². The molecular formula is C18H17N3O9. The fourth-order valence-electron chi connectivity index (χ4n) is 2.52. The maximum absolute atomic E-state index is 12.5. The van der Waals surface area contributed by atoms with E-state index in [-0.39, 0.29) is 29.2 Å². The Morgan fingerprint density at radius 2 is 1.70 bits per heavy atom. The van der Waals surface area contributed by atoms with Crippen molar-refractivity contribution in [3.63, 3.8) is 0 Å². The van der Waals surface area contributed by atoms with Crippen molar-refractivity contribution in [2.24, 2.45) is 5.73 Å². The molecule has 0 aliphatic carbocycles. The maximum atomic E-state index is 12.5. The number of primary amides is 1. The summed E-state index contributed by atoms with van der Waals surface area (Å²) in [6.45, 7) is 1.31. The molecule has 0 spiro atoms. The van der Waals surface area contributed by atoms with Crippen molar-refractivity contribution >= 4 is 23.3 Å². The number of benzene rings is 2. The molecular weight excluding hydrogens is 402 g/mol. The molecule has 0 saturated heterocycles. The molecule has 0 aromatic heterocycles. The minimum Gasteiger partial charge on any atom is -0.493 e. The van der Waals surface area contributed by atoms with Crippen molar-refractivity contribution in [2.75, 3.05) is 13.7 Å². The first-order chi connectivity index (χ1) is 14.2. The number of esters is 1. The van der Waals surface area contributed by atoms with Gasteiger partial charge in [-0.3, -0.25) is 25.0 Å². The summed E-state index contributed by atoms with van der Waals surface area (Å²) in [6.07, 6.45) is 0. The fourth-order valence-corrected chi connectivity index (χ4v) is 2.52. The van der Waals surface area contributed by atoms with Crippen LogP contribution in [0, 0.1) is 20.2 Å². The Labute approximate surface area is 169 Å². The number of hydrogen-bond donors (Lipinski definition) is 1. The van der Waals surface area contributed by atoms with E-state index in [1.807, 2.05) is 0 Å². The van der Waals surface area contributed by atoms with Crippen LogP contribution < -0.4 is 15.2 Å². The highest BCUT2D eigenvalue weighted by molar-refractivity contribution is 5.95. The summed E-state index contributed by atoms with van der Waals surface area (Å²) in [6, 6.07) is 5.52. The number of amides is 1. The van der Waals surface area contributed by atoms with Crippen LogP contribution in [-0.4, -0.2) is 35.4 Å². The predicted octanol–water partition coefficient (Wildman–Crippen LogP) is 2.37. The van der Waals surface area contributed by atoms with E-state index in [0.29, 0.717) is 0 Å². The van der Waals surface area contributed by atoms with Crippen molar-refractivity contribution in [1.82, 2.24) is 0 Å². The van der Waals surface area contributed by atoms with E-state index in [1.165, 1.54) is 19.2 Å². The predicted molar refractivity (Wildman–Crippen MR) is 102 cm³/mol. The minimum absolute atomic E-state index is 0.0288. The summed E-state index contributed by atoms with van der Waals surface area (Å²) in [5.74, 6) is -1.82. The molecule has 0 heterocycles. The molecule has 12 heteroatoms. The van der Waals surface area contributed by atoms with E-state index in [2.05, 4.69) is 0 Å². The number of ether oxygens (including phenoxy) is 3. The van der Waals surface area contributed by atoms with Gasteiger partial charge in [0, 0.05) is 17.7 Å². The lowest BCUT2D eigenvalue weighted by molar-refractivity contribution is -0.385. The quantitative estimate of drug-likeness (QED) is 0.363. The van der Waals surface area contributed by atoms with Gasteiger partial charge in [-0.15, -0.1) is 0 Å². The van der Waals surface area contributed by atoms with Gasteiger partial charge in [0.15, 0.2) is 11.5 Å². The molecule has 0 saturated carbocycles. The number of carbonyl (C=O) groups excluding carboxylic acids is 2. The number of carbonyl (C=O) groups is 2. The lowest BCUT2D eigenvalue weighted by atomic mass is 10.1. The van der Waals surface area contributed by atoms with Crippen molar-refractivity contribution in [2.45, 2.75) is 13.5 Å². The van der Waals surface area contributed by atoms with Crippen molar-refractivity contribution < 1.29 is 33.6 Å². The Bertz CT molecular complexity index is 1020. The van der Waals surface area contributed by atoms with Crippen LogP contribution in [0.15, 0.2) is 30.3 Å². The molecule has 30 heavy (non-hydrogen) atoms. The maximum Gasteiger partial charge on any atom is 0.345 e. The number of rotatable bonds is 9. The molecule has 2 aromatic rings. The number of hydrogen-bond acceptors (Lipinski definition) is 9. The van der Waals surface area contributed by atoms with Crippen LogP contribution in [0.25, 0.3) is 0 Å². The monoisotopic (exact) mass is 419 g/mol. The molecule has 0 fully saturated rings. The SMILES string of the molecule is CCOc1cc([N+](=O)[O-])c(C(=O)OCc2ccc(C(N)=O)cc2[N+](=O)[O-])cc1OC. The molecule has 0 atom stereocenters. The Morgan fingerprint density at radius 3 is 2.23 bits per heavy atom. The number of nitro groups is 2. The number of nitrogens with zero attached hydrogens (tertiary/aromatic N) is 2. The molecule has 0 aliphatic rings. The molecule has 0 unspecified atom stereocenters. The second kappa shape index (κ2) is 9.32. The van der Waals surface area contributed by atoms with Crippen LogP contribution in [0.3, 0.4) is 0 Å². The van der Waals surface area contributed by atoms with Gasteiger partial charge in [0.25, 0.3) is 11.4 Å². The third-order valence-corrected chi connectivity index (χ3v) is 3.92. The average Bonchev–Trinajstić information content (AvgIpc) is 2.71. The van der Waals surface area contributed by atoms with Crippen LogP contribution in [0.1, 0.15) is 33.2 Å². The van der Waals surface area contributed by atoms with Gasteiger partial charge in [-0.2, -0.15) is 0 Å². The van der Waals surface area contributed by atoms with E-state index in [0.717, 1.165) is 18.2 Å². The molecule has 12 nitrogen and oxygen atoms in total. The third-order valence-electron chi connectivity index (χ3n) is 3.92. The second-order valence-electron chi connectivity index (χ2n) is 5.75. The summed E-state index contributed by atoms with van der Waals surface area (Å²) in [7, 11) is 1.29. The standard InChI is InChI=1S/C18H17N3O9/c1-3-29-16-8-14(21(26)27)12(7-15(16)28-2)18(23)30-9-11-5-4-10(17(19)22)6-13(11)20(24)25/h4-8H,3,9H2,1-2H3,(H2,19,22). The highest BCUT2D eigenvalue weighted by Gasteiger charge is 2.27. The Hall–Kier alpha value is -4.22. The van der Waals surface area contributed by atoms with Crippen LogP contribution >= 0.6 is 0 Å². The first kappa shape index (κ1) is 22.1. The Morgan fingerprint density at radius 1 is 1.03 bits per heavy atom. The van der Waals surface area contributed by atoms with Gasteiger partial charge < -0.3 is 19.9 Å². The van der Waals surface area contributed by atoms with Gasteiger partial charge in [-0.1, -0.05) is 0 Å². The normalized spacial score (nSPS) is 10.2. The Kier molecular flexibility index (Phi) is 6.86. The molecule has 0 bridgehead atoms. The zero-order valence-corrected chi connectivity index (χ0v) is 15.9. The van der Waals surface area contributed by atoms with Gasteiger partial charge in [0.1, 0.15) is 12.2 Å².